The average molecular weight is 685 g/mol. The number of carbonyl (C=O) groups excluding carboxylic acids is 2. The lowest BCUT2D eigenvalue weighted by atomic mass is 9.95. The Kier molecular flexibility index (Phi) is 15.0. The number of aryl methyl sites for hydroxylation is 1. The van der Waals surface area contributed by atoms with Crippen LogP contribution in [0.25, 0.3) is 0 Å². The van der Waals surface area contributed by atoms with Crippen LogP contribution in [0.5, 0.6) is 5.75 Å². The molecular weight excluding hydrogens is 640 g/mol. The maximum atomic E-state index is 13.1. The number of fused-ring (bicyclic) bond motifs is 1. The van der Waals surface area contributed by atoms with Gasteiger partial charge in [0, 0.05) is 63.0 Å². The van der Waals surface area contributed by atoms with Crippen LogP contribution >= 0.6 is 0 Å². The smallest absolute Gasteiger partial charge is 0.414 e. The van der Waals surface area contributed by atoms with Crippen LogP contribution in [0.15, 0.2) is 48.5 Å². The van der Waals surface area contributed by atoms with Crippen molar-refractivity contribution in [3.05, 3.63) is 59.7 Å². The fourth-order valence-corrected chi connectivity index (χ4v) is 5.76. The summed E-state index contributed by atoms with van der Waals surface area (Å²) in [5, 5.41) is 29.6. The molecule has 0 atom stereocenters. The van der Waals surface area contributed by atoms with Gasteiger partial charge in [-0.15, -0.1) is 0 Å². The predicted octanol–water partition coefficient (Wildman–Crippen LogP) is 1.99. The molecule has 0 aromatic heterocycles. The number of rotatable bonds is 8. The average Bonchev–Trinajstić information content (AvgIpc) is 3.09. The van der Waals surface area contributed by atoms with E-state index < -0.39 is 23.9 Å². The maximum Gasteiger partial charge on any atom is 0.414 e. The second kappa shape index (κ2) is 19.1. The second-order valence-corrected chi connectivity index (χ2v) is 11.9. The summed E-state index contributed by atoms with van der Waals surface area (Å²) in [7, 11) is 2.19. The van der Waals surface area contributed by atoms with E-state index in [0.717, 1.165) is 76.3 Å². The first-order valence-electron chi connectivity index (χ1n) is 16.1. The van der Waals surface area contributed by atoms with Crippen molar-refractivity contribution in [2.75, 3.05) is 64.4 Å². The molecule has 2 aromatic rings. The number of carbonyl (C=O) groups is 6. The zero-order chi connectivity index (χ0) is 35.9. The third-order valence-corrected chi connectivity index (χ3v) is 8.45. The van der Waals surface area contributed by atoms with Crippen molar-refractivity contribution in [3.8, 4) is 5.75 Å². The van der Waals surface area contributed by atoms with Crippen molar-refractivity contribution in [2.24, 2.45) is 0 Å². The zero-order valence-electron chi connectivity index (χ0n) is 27.5. The van der Waals surface area contributed by atoms with Crippen LogP contribution in [-0.2, 0) is 30.4 Å². The standard InChI is InChI=1S/C30H40N4O3.2C2H2O4/c1-31-19-21-32(22-20-31)16-4-5-23-37-27-11-8-25(9-12-27)30(36)33-17-14-26(15-18-33)34-28-7-3-2-6-24(28)10-13-29(34)35;2*3-1(4)2(5)6/h2-3,6-9,11-12,26H,4-5,10,13-23H2,1H3;2*(H,3,4)(H,5,6). The minimum atomic E-state index is -1.82. The highest BCUT2D eigenvalue weighted by Crippen LogP contribution is 2.32. The van der Waals surface area contributed by atoms with E-state index in [1.54, 1.807) is 0 Å². The molecule has 2 saturated heterocycles. The first-order valence-corrected chi connectivity index (χ1v) is 16.1. The number of piperazine rings is 1. The normalized spacial score (nSPS) is 16.6. The summed E-state index contributed by atoms with van der Waals surface area (Å²) in [6.45, 7) is 7.82. The summed E-state index contributed by atoms with van der Waals surface area (Å²) in [5.41, 5.74) is 3.00. The number of carboxylic acids is 4. The Bertz CT molecular complexity index is 1400. The van der Waals surface area contributed by atoms with Gasteiger partial charge >= 0.3 is 23.9 Å². The molecule has 49 heavy (non-hydrogen) atoms. The number of unbranched alkanes of at least 4 members (excludes halogenated alkanes) is 1. The Hall–Kier alpha value is -5.02. The molecule has 0 spiro atoms. The molecule has 3 aliphatic heterocycles. The van der Waals surface area contributed by atoms with Crippen LogP contribution in [0.3, 0.4) is 0 Å². The number of hydrogen-bond donors (Lipinski definition) is 4. The fourth-order valence-electron chi connectivity index (χ4n) is 5.76. The van der Waals surface area contributed by atoms with Gasteiger partial charge in [0.1, 0.15) is 5.75 Å². The number of nitrogens with zero attached hydrogens (tertiary/aromatic N) is 4. The minimum Gasteiger partial charge on any atom is -0.494 e. The van der Waals surface area contributed by atoms with Crippen LogP contribution in [0.4, 0.5) is 5.69 Å². The van der Waals surface area contributed by atoms with Crippen LogP contribution < -0.4 is 9.64 Å². The summed E-state index contributed by atoms with van der Waals surface area (Å²) in [4.78, 5) is 71.1. The number of ether oxygens (including phenoxy) is 1. The number of hydrogen-bond acceptors (Lipinski definition) is 9. The van der Waals surface area contributed by atoms with Crippen LogP contribution in [0.2, 0.25) is 0 Å². The highest BCUT2D eigenvalue weighted by molar-refractivity contribution is 6.27. The van der Waals surface area contributed by atoms with E-state index >= 15 is 0 Å². The van der Waals surface area contributed by atoms with Crippen molar-refractivity contribution in [1.29, 1.82) is 0 Å². The van der Waals surface area contributed by atoms with E-state index in [-0.39, 0.29) is 17.9 Å². The molecule has 0 unspecified atom stereocenters. The first-order chi connectivity index (χ1) is 23.4. The molecule has 0 saturated carbocycles. The molecule has 0 radical (unpaired) electrons. The van der Waals surface area contributed by atoms with E-state index in [9.17, 15) is 9.59 Å². The first kappa shape index (κ1) is 38.4. The lowest BCUT2D eigenvalue weighted by Crippen LogP contribution is -2.50. The summed E-state index contributed by atoms with van der Waals surface area (Å²) in [6, 6.07) is 15.9. The number of benzene rings is 2. The number of para-hydroxylation sites is 1. The van der Waals surface area contributed by atoms with E-state index in [2.05, 4.69) is 29.0 Å². The summed E-state index contributed by atoms with van der Waals surface area (Å²) < 4.78 is 5.92. The highest BCUT2D eigenvalue weighted by atomic mass is 16.5. The zero-order valence-corrected chi connectivity index (χ0v) is 27.5. The van der Waals surface area contributed by atoms with Gasteiger partial charge in [0.25, 0.3) is 5.91 Å². The monoisotopic (exact) mass is 684 g/mol. The quantitative estimate of drug-likeness (QED) is 0.232. The Morgan fingerprint density at radius 1 is 0.735 bits per heavy atom. The SMILES string of the molecule is CN1CCN(CCCCOc2ccc(C(=O)N3CCC(N4C(=O)CCc5ccccc54)CC3)cc2)CC1.O=C(O)C(=O)O.O=C(O)C(=O)O. The van der Waals surface area contributed by atoms with Crippen molar-refractivity contribution in [1.82, 2.24) is 14.7 Å². The molecule has 15 heteroatoms. The van der Waals surface area contributed by atoms with Gasteiger partial charge in [-0.1, -0.05) is 18.2 Å². The Labute approximate surface area is 284 Å². The van der Waals surface area contributed by atoms with Gasteiger partial charge in [-0.25, -0.2) is 19.2 Å². The molecule has 2 fully saturated rings. The largest absolute Gasteiger partial charge is 0.494 e. The molecule has 2 aromatic carbocycles. The minimum absolute atomic E-state index is 0.0579. The van der Waals surface area contributed by atoms with Gasteiger partial charge in [0.2, 0.25) is 5.91 Å². The van der Waals surface area contributed by atoms with E-state index in [1.807, 2.05) is 46.2 Å². The van der Waals surface area contributed by atoms with Crippen molar-refractivity contribution < 1.29 is 53.9 Å². The summed E-state index contributed by atoms with van der Waals surface area (Å²) in [5.74, 6) is -6.21. The molecule has 3 aliphatic rings. The van der Waals surface area contributed by atoms with Crippen LogP contribution in [-0.4, -0.2) is 136 Å². The van der Waals surface area contributed by atoms with Crippen LogP contribution in [0, 0.1) is 0 Å². The Morgan fingerprint density at radius 2 is 1.31 bits per heavy atom. The van der Waals surface area contributed by atoms with Gasteiger partial charge in [-0.05, 0) is 81.6 Å². The van der Waals surface area contributed by atoms with E-state index in [1.165, 1.54) is 5.56 Å². The van der Waals surface area contributed by atoms with E-state index in [0.29, 0.717) is 31.7 Å². The number of likely N-dealkylation sites (tertiary alicyclic amines) is 1. The number of carboxylic acid groups (broad SMARTS) is 4. The second-order valence-electron chi connectivity index (χ2n) is 11.9. The molecule has 5 rings (SSSR count). The molecule has 2 amide bonds. The third kappa shape index (κ3) is 12.2. The van der Waals surface area contributed by atoms with Gasteiger partial charge in [-0.3, -0.25) is 9.59 Å². The lowest BCUT2D eigenvalue weighted by molar-refractivity contribution is -0.159. The number of aliphatic carboxylic acids is 4. The van der Waals surface area contributed by atoms with Crippen molar-refractivity contribution in [2.45, 2.75) is 44.6 Å². The van der Waals surface area contributed by atoms with E-state index in [4.69, 9.17) is 44.3 Å². The number of likely N-dealkylation sites (N-methyl/N-ethyl adjacent to an activating group) is 1. The molecule has 0 aliphatic carbocycles. The Morgan fingerprint density at radius 3 is 1.88 bits per heavy atom. The molecule has 266 valence electrons. The third-order valence-electron chi connectivity index (χ3n) is 8.45. The molecule has 4 N–H and O–H groups in total. The highest BCUT2D eigenvalue weighted by Gasteiger charge is 2.33. The van der Waals surface area contributed by atoms with Gasteiger partial charge < -0.3 is 44.8 Å². The summed E-state index contributed by atoms with van der Waals surface area (Å²) >= 11 is 0. The maximum absolute atomic E-state index is 13.1. The molecule has 3 heterocycles. The topological polar surface area (TPSA) is 206 Å². The molecule has 15 nitrogen and oxygen atoms in total. The number of amides is 2. The predicted molar refractivity (Wildman–Crippen MR) is 177 cm³/mol. The van der Waals surface area contributed by atoms with Gasteiger partial charge in [-0.2, -0.15) is 0 Å². The number of piperidine rings is 1. The summed E-state index contributed by atoms with van der Waals surface area (Å²) in [6.07, 6.45) is 5.18. The molecular formula is C34H44N4O11. The van der Waals surface area contributed by atoms with Crippen molar-refractivity contribution >= 4 is 41.4 Å². The van der Waals surface area contributed by atoms with Gasteiger partial charge in [0.05, 0.1) is 6.61 Å². The lowest BCUT2D eigenvalue weighted by Gasteiger charge is -2.41. The molecule has 0 bridgehead atoms. The van der Waals surface area contributed by atoms with Gasteiger partial charge in [0.15, 0.2) is 0 Å². The number of anilines is 1. The Balaban J connectivity index is 0.000000465. The fraction of sp³-hybridized carbons (Fsp3) is 0.471. The van der Waals surface area contributed by atoms with Crippen LogP contribution in [0.1, 0.15) is 48.0 Å². The van der Waals surface area contributed by atoms with Crippen molar-refractivity contribution in [3.63, 3.8) is 0 Å².